The number of aliphatic carboxylic acids is 1. The number of carbonyl (C=O) groups is 3. The summed E-state index contributed by atoms with van der Waals surface area (Å²) in [5.74, 6) is -1.98. The molecule has 0 spiro atoms. The Bertz CT molecular complexity index is 1190. The number of esters is 2. The van der Waals surface area contributed by atoms with Gasteiger partial charge in [0.15, 0.2) is 6.10 Å². The molecule has 9 heteroatoms. The van der Waals surface area contributed by atoms with Gasteiger partial charge in [-0.3, -0.25) is 9.59 Å². The number of carboxylic acids is 1. The molecule has 0 aliphatic carbocycles. The van der Waals surface area contributed by atoms with Crippen molar-refractivity contribution in [3.8, 4) is 0 Å². The van der Waals surface area contributed by atoms with Crippen LogP contribution in [-0.4, -0.2) is 87.4 Å². The van der Waals surface area contributed by atoms with Crippen LogP contribution in [0, 0.1) is 0 Å². The predicted molar refractivity (Wildman–Crippen MR) is 305 cm³/mol. The van der Waals surface area contributed by atoms with Crippen molar-refractivity contribution in [3.63, 3.8) is 0 Å². The van der Waals surface area contributed by atoms with Crippen molar-refractivity contribution in [2.24, 2.45) is 0 Å². The van der Waals surface area contributed by atoms with Gasteiger partial charge in [0, 0.05) is 12.8 Å². The van der Waals surface area contributed by atoms with Gasteiger partial charge >= 0.3 is 17.9 Å². The van der Waals surface area contributed by atoms with Crippen molar-refractivity contribution in [1.82, 2.24) is 0 Å². The minimum Gasteiger partial charge on any atom is -0.477 e. The summed E-state index contributed by atoms with van der Waals surface area (Å²) in [6, 6.07) is 0. The monoisotopic (exact) mass is 1020 g/mol. The van der Waals surface area contributed by atoms with Gasteiger partial charge in [-0.2, -0.15) is 0 Å². The maximum Gasteiger partial charge on any atom is 0.361 e. The second-order valence-corrected chi connectivity index (χ2v) is 22.7. The summed E-state index contributed by atoms with van der Waals surface area (Å²) >= 11 is 0. The van der Waals surface area contributed by atoms with Crippen LogP contribution < -0.4 is 0 Å². The van der Waals surface area contributed by atoms with Crippen molar-refractivity contribution in [2.45, 2.75) is 328 Å². The van der Waals surface area contributed by atoms with Crippen LogP contribution in [0.2, 0.25) is 0 Å². The molecule has 0 radical (unpaired) electrons. The maximum atomic E-state index is 12.9. The van der Waals surface area contributed by atoms with Gasteiger partial charge in [0.2, 0.25) is 0 Å². The lowest BCUT2D eigenvalue weighted by Crippen LogP contribution is -2.40. The van der Waals surface area contributed by atoms with Gasteiger partial charge in [0.05, 0.1) is 34.4 Å². The molecule has 2 atom stereocenters. The lowest BCUT2D eigenvalue weighted by molar-refractivity contribution is -0.870. The van der Waals surface area contributed by atoms with Crippen LogP contribution in [0.3, 0.4) is 0 Å². The van der Waals surface area contributed by atoms with Gasteiger partial charge in [-0.1, -0.05) is 276 Å². The largest absolute Gasteiger partial charge is 0.477 e. The third-order valence-corrected chi connectivity index (χ3v) is 14.3. The molecule has 426 valence electrons. The topological polar surface area (TPSA) is 108 Å². The molecule has 0 rings (SSSR count). The van der Waals surface area contributed by atoms with Crippen molar-refractivity contribution in [2.75, 3.05) is 47.5 Å². The fraction of sp³-hybridized carbons (Fsp3) is 0.921. The molecule has 0 aromatic carbocycles. The summed E-state index contributed by atoms with van der Waals surface area (Å²) in [6.45, 7) is 4.94. The molecule has 9 nitrogen and oxygen atoms in total. The second-order valence-electron chi connectivity index (χ2n) is 22.7. The van der Waals surface area contributed by atoms with E-state index < -0.39 is 18.4 Å². The number of likely N-dealkylation sites (N-methyl/N-ethyl adjacent to an activating group) is 1. The first-order valence-corrected chi connectivity index (χ1v) is 31.4. The van der Waals surface area contributed by atoms with E-state index in [1.165, 1.54) is 250 Å². The van der Waals surface area contributed by atoms with Gasteiger partial charge in [-0.15, -0.1) is 0 Å². The highest BCUT2D eigenvalue weighted by Gasteiger charge is 2.25. The van der Waals surface area contributed by atoms with Crippen molar-refractivity contribution in [3.05, 3.63) is 12.2 Å². The molecule has 0 aliphatic heterocycles. The molecule has 0 aromatic rings. The summed E-state index contributed by atoms with van der Waals surface area (Å²) in [7, 11) is 5.98. The highest BCUT2D eigenvalue weighted by molar-refractivity contribution is 5.71. The molecule has 72 heavy (non-hydrogen) atoms. The van der Waals surface area contributed by atoms with Gasteiger partial charge in [-0.25, -0.2) is 4.79 Å². The standard InChI is InChI=1S/C63H121NO8/c1-6-8-10-12-14-16-18-20-22-24-26-28-29-30-31-32-34-35-37-39-41-43-45-47-49-51-53-60(65)70-57-59(58-71-63(62(67)68)69-56-55-64(3,4)5)72-61(66)54-52-50-48-46-44-42-40-38-36-33-27-25-23-21-19-17-15-13-11-9-7-2/h25,27,59,63H,6-24,26,28-58H2,1-5H3/p+1/b27-25-. The Morgan fingerprint density at radius 1 is 0.403 bits per heavy atom. The number of ether oxygens (including phenoxy) is 4. The van der Waals surface area contributed by atoms with E-state index >= 15 is 0 Å². The lowest BCUT2D eigenvalue weighted by Gasteiger charge is -2.25. The lowest BCUT2D eigenvalue weighted by atomic mass is 10.0. The quantitative estimate of drug-likeness (QED) is 0.0211. The first kappa shape index (κ1) is 70.0. The SMILES string of the molecule is CCCCCCCCCC/C=C\CCCCCCCCCCCC(=O)OC(COC(=O)CCCCCCCCCCCCCCCCCCCCCCCCCCCC)COC(OCC[N+](C)(C)C)C(=O)O. The van der Waals surface area contributed by atoms with E-state index in [9.17, 15) is 19.5 Å². The fourth-order valence-electron chi connectivity index (χ4n) is 9.42. The van der Waals surface area contributed by atoms with E-state index in [4.69, 9.17) is 18.9 Å². The summed E-state index contributed by atoms with van der Waals surface area (Å²) in [4.78, 5) is 37.5. The Kier molecular flexibility index (Phi) is 53.8. The van der Waals surface area contributed by atoms with Crippen LogP contribution in [-0.2, 0) is 33.3 Å². The zero-order valence-electron chi connectivity index (χ0n) is 48.6. The summed E-state index contributed by atoms with van der Waals surface area (Å²) in [5.41, 5.74) is 0. The Hall–Kier alpha value is -1.97. The minimum atomic E-state index is -1.51. The molecule has 2 unspecified atom stereocenters. The number of carbonyl (C=O) groups excluding carboxylic acids is 2. The van der Waals surface area contributed by atoms with E-state index in [2.05, 4.69) is 26.0 Å². The van der Waals surface area contributed by atoms with Gasteiger partial charge in [-0.05, 0) is 38.5 Å². The second kappa shape index (κ2) is 55.3. The average molecular weight is 1020 g/mol. The molecule has 0 bridgehead atoms. The third kappa shape index (κ3) is 55.8. The number of allylic oxidation sites excluding steroid dienone is 2. The number of unbranched alkanes of at least 4 members (excludes halogenated alkanes) is 42. The summed E-state index contributed by atoms with van der Waals surface area (Å²) in [6.07, 6.45) is 61.6. The zero-order valence-corrected chi connectivity index (χ0v) is 48.6. The van der Waals surface area contributed by atoms with Crippen molar-refractivity contribution < 1.29 is 42.9 Å². The molecule has 0 aliphatic rings. The first-order chi connectivity index (χ1) is 35.1. The molecule has 0 heterocycles. The van der Waals surface area contributed by atoms with E-state index in [0.29, 0.717) is 17.4 Å². The summed E-state index contributed by atoms with van der Waals surface area (Å²) < 4.78 is 22.9. The van der Waals surface area contributed by atoms with Crippen LogP contribution >= 0.6 is 0 Å². The normalized spacial score (nSPS) is 12.7. The number of nitrogens with zero attached hydrogens (tertiary/aromatic N) is 1. The first-order valence-electron chi connectivity index (χ1n) is 31.4. The molecule has 0 amide bonds. The van der Waals surface area contributed by atoms with Crippen LogP contribution in [0.25, 0.3) is 0 Å². The van der Waals surface area contributed by atoms with Gasteiger partial charge in [0.25, 0.3) is 6.29 Å². The summed E-state index contributed by atoms with van der Waals surface area (Å²) in [5, 5.41) is 9.71. The number of hydrogen-bond donors (Lipinski definition) is 1. The fourth-order valence-corrected chi connectivity index (χ4v) is 9.42. The van der Waals surface area contributed by atoms with E-state index in [-0.39, 0.29) is 38.2 Å². The van der Waals surface area contributed by atoms with E-state index in [0.717, 1.165) is 38.5 Å². The van der Waals surface area contributed by atoms with Gasteiger partial charge < -0.3 is 28.5 Å². The van der Waals surface area contributed by atoms with Crippen molar-refractivity contribution >= 4 is 17.9 Å². The highest BCUT2D eigenvalue weighted by Crippen LogP contribution is 2.18. The smallest absolute Gasteiger partial charge is 0.361 e. The van der Waals surface area contributed by atoms with Gasteiger partial charge in [0.1, 0.15) is 13.2 Å². The predicted octanol–water partition coefficient (Wildman–Crippen LogP) is 18.5. The Balaban J connectivity index is 4.14. The number of rotatable bonds is 59. The molecular weight excluding hydrogens is 899 g/mol. The third-order valence-electron chi connectivity index (χ3n) is 14.3. The molecular formula is C63H122NO8+. The van der Waals surface area contributed by atoms with E-state index in [1.54, 1.807) is 0 Å². The molecule has 0 saturated carbocycles. The number of quaternary nitrogens is 1. The Labute approximate surface area is 446 Å². The Morgan fingerprint density at radius 3 is 1.03 bits per heavy atom. The van der Waals surface area contributed by atoms with Crippen LogP contribution in [0.5, 0.6) is 0 Å². The maximum absolute atomic E-state index is 12.9. The molecule has 0 saturated heterocycles. The Morgan fingerprint density at radius 2 is 0.708 bits per heavy atom. The highest BCUT2D eigenvalue weighted by atomic mass is 16.7. The zero-order chi connectivity index (χ0) is 52.7. The van der Waals surface area contributed by atoms with Crippen LogP contribution in [0.15, 0.2) is 12.2 Å². The molecule has 0 fully saturated rings. The van der Waals surface area contributed by atoms with Crippen molar-refractivity contribution in [1.29, 1.82) is 0 Å². The average Bonchev–Trinajstić information content (AvgIpc) is 3.35. The van der Waals surface area contributed by atoms with E-state index in [1.807, 2.05) is 21.1 Å². The molecule has 0 aromatic heterocycles. The van der Waals surface area contributed by atoms with Crippen LogP contribution in [0.4, 0.5) is 0 Å². The minimum absolute atomic E-state index is 0.176. The van der Waals surface area contributed by atoms with Crippen LogP contribution in [0.1, 0.15) is 316 Å². The molecule has 1 N–H and O–H groups in total. The number of carboxylic acid groups (broad SMARTS) is 1. The number of hydrogen-bond acceptors (Lipinski definition) is 7.